The smallest absolute Gasteiger partial charge is 0.338 e. The van der Waals surface area contributed by atoms with Crippen LogP contribution in [0.15, 0.2) is 12.4 Å². The molecule has 0 bridgehead atoms. The van der Waals surface area contributed by atoms with Crippen molar-refractivity contribution in [3.63, 3.8) is 0 Å². The number of nitrogens with zero attached hydrogens (tertiary/aromatic N) is 2. The Hall–Kier alpha value is -1.69. The van der Waals surface area contributed by atoms with Crippen LogP contribution in [0.2, 0.25) is 0 Å². The van der Waals surface area contributed by atoms with Crippen molar-refractivity contribution < 1.29 is 9.90 Å². The van der Waals surface area contributed by atoms with Crippen molar-refractivity contribution in [2.75, 3.05) is 18.4 Å². The van der Waals surface area contributed by atoms with E-state index in [1.54, 1.807) is 0 Å². The Labute approximate surface area is 93.1 Å². The second-order valence-electron chi connectivity index (χ2n) is 3.77. The summed E-state index contributed by atoms with van der Waals surface area (Å²) in [7, 11) is 0. The lowest BCUT2D eigenvalue weighted by atomic mass is 10.1. The Morgan fingerprint density at radius 2 is 2.00 bits per heavy atom. The van der Waals surface area contributed by atoms with Crippen molar-refractivity contribution >= 4 is 11.9 Å². The van der Waals surface area contributed by atoms with Crippen LogP contribution in [0, 0.1) is 0 Å². The lowest BCUT2D eigenvalue weighted by molar-refractivity contribution is 0.0696. The average molecular weight is 222 g/mol. The highest BCUT2D eigenvalue weighted by Gasteiger charge is 2.13. The van der Waals surface area contributed by atoms with E-state index in [0.29, 0.717) is 12.0 Å². The molecule has 0 amide bonds. The number of nitrogens with one attached hydrogen (secondary N) is 2. The molecule has 86 valence electrons. The first-order valence-corrected chi connectivity index (χ1v) is 5.28. The van der Waals surface area contributed by atoms with Crippen molar-refractivity contribution in [1.82, 2.24) is 15.3 Å². The van der Waals surface area contributed by atoms with Crippen molar-refractivity contribution in [3.8, 4) is 0 Å². The summed E-state index contributed by atoms with van der Waals surface area (Å²) in [6, 6.07) is 0.372. The average Bonchev–Trinajstić information content (AvgIpc) is 2.31. The fraction of sp³-hybridized carbons (Fsp3) is 0.500. The van der Waals surface area contributed by atoms with Crippen LogP contribution >= 0.6 is 0 Å². The molecule has 6 heteroatoms. The Bertz CT molecular complexity index is 360. The van der Waals surface area contributed by atoms with Gasteiger partial charge in [0.2, 0.25) is 5.95 Å². The summed E-state index contributed by atoms with van der Waals surface area (Å²) >= 11 is 0. The maximum absolute atomic E-state index is 10.6. The van der Waals surface area contributed by atoms with E-state index in [0.717, 1.165) is 25.9 Å². The normalized spacial score (nSPS) is 17.0. The van der Waals surface area contributed by atoms with Crippen LogP contribution in [0.4, 0.5) is 5.95 Å². The minimum atomic E-state index is -1.01. The van der Waals surface area contributed by atoms with Crippen LogP contribution in [0.25, 0.3) is 0 Å². The highest BCUT2D eigenvalue weighted by atomic mass is 16.4. The minimum Gasteiger partial charge on any atom is -0.478 e. The van der Waals surface area contributed by atoms with E-state index in [1.165, 1.54) is 12.4 Å². The number of carboxylic acids is 1. The molecule has 2 heterocycles. The molecule has 1 aliphatic rings. The molecule has 0 radical (unpaired) electrons. The van der Waals surface area contributed by atoms with Crippen LogP contribution in [0.5, 0.6) is 0 Å². The Morgan fingerprint density at radius 3 is 2.56 bits per heavy atom. The predicted molar refractivity (Wildman–Crippen MR) is 58.5 cm³/mol. The van der Waals surface area contributed by atoms with Crippen LogP contribution in [0.3, 0.4) is 0 Å². The molecule has 0 aromatic carbocycles. The first-order valence-electron chi connectivity index (χ1n) is 5.28. The van der Waals surface area contributed by atoms with Gasteiger partial charge in [0.05, 0.1) is 5.56 Å². The molecular formula is C10H14N4O2. The van der Waals surface area contributed by atoms with Crippen molar-refractivity contribution in [1.29, 1.82) is 0 Å². The maximum atomic E-state index is 10.6. The van der Waals surface area contributed by atoms with Crippen LogP contribution in [0.1, 0.15) is 23.2 Å². The van der Waals surface area contributed by atoms with Crippen LogP contribution < -0.4 is 10.6 Å². The molecule has 0 atom stereocenters. The Morgan fingerprint density at radius 1 is 1.38 bits per heavy atom. The largest absolute Gasteiger partial charge is 0.478 e. The highest BCUT2D eigenvalue weighted by molar-refractivity contribution is 5.86. The highest BCUT2D eigenvalue weighted by Crippen LogP contribution is 2.08. The van der Waals surface area contributed by atoms with Gasteiger partial charge in [-0.05, 0) is 25.9 Å². The molecule has 0 aliphatic carbocycles. The van der Waals surface area contributed by atoms with Gasteiger partial charge < -0.3 is 15.7 Å². The SMILES string of the molecule is O=C(O)c1cnc(NC2CCNCC2)nc1. The quantitative estimate of drug-likeness (QED) is 0.683. The first-order chi connectivity index (χ1) is 7.75. The third-order valence-corrected chi connectivity index (χ3v) is 2.57. The van der Waals surface area contributed by atoms with Gasteiger partial charge in [0, 0.05) is 18.4 Å². The Balaban J connectivity index is 1.96. The predicted octanol–water partition coefficient (Wildman–Crippen LogP) is 0.339. The summed E-state index contributed by atoms with van der Waals surface area (Å²) in [6.45, 7) is 1.98. The molecule has 2 rings (SSSR count). The fourth-order valence-electron chi connectivity index (χ4n) is 1.66. The van der Waals surface area contributed by atoms with Gasteiger partial charge in [-0.2, -0.15) is 0 Å². The summed E-state index contributed by atoms with van der Waals surface area (Å²) in [5.74, 6) is -0.509. The van der Waals surface area contributed by atoms with Gasteiger partial charge in [-0.25, -0.2) is 14.8 Å². The first kappa shape index (κ1) is 10.8. The summed E-state index contributed by atoms with van der Waals surface area (Å²) in [5.41, 5.74) is 0.107. The number of carboxylic acid groups (broad SMARTS) is 1. The number of anilines is 1. The molecule has 0 unspecified atom stereocenters. The molecule has 6 nitrogen and oxygen atoms in total. The van der Waals surface area contributed by atoms with E-state index >= 15 is 0 Å². The van der Waals surface area contributed by atoms with Crippen LogP contribution in [-0.4, -0.2) is 40.2 Å². The van der Waals surface area contributed by atoms with E-state index in [-0.39, 0.29) is 5.56 Å². The van der Waals surface area contributed by atoms with E-state index in [4.69, 9.17) is 5.11 Å². The number of aromatic carboxylic acids is 1. The number of hydrogen-bond donors (Lipinski definition) is 3. The monoisotopic (exact) mass is 222 g/mol. The van der Waals surface area contributed by atoms with E-state index in [1.807, 2.05) is 0 Å². The standard InChI is InChI=1S/C10H14N4O2/c15-9(16)7-5-12-10(13-6-7)14-8-1-3-11-4-2-8/h5-6,8,11H,1-4H2,(H,15,16)(H,12,13,14). The zero-order valence-electron chi connectivity index (χ0n) is 8.81. The molecule has 1 aliphatic heterocycles. The Kier molecular flexibility index (Phi) is 3.31. The minimum absolute atomic E-state index is 0.107. The molecular weight excluding hydrogens is 208 g/mol. The van der Waals surface area contributed by atoms with Gasteiger partial charge in [0.15, 0.2) is 0 Å². The molecule has 3 N–H and O–H groups in total. The molecule has 0 spiro atoms. The van der Waals surface area contributed by atoms with Gasteiger partial charge in [-0.15, -0.1) is 0 Å². The summed E-state index contributed by atoms with van der Waals surface area (Å²) in [6.07, 6.45) is 4.70. The lowest BCUT2D eigenvalue weighted by Crippen LogP contribution is -2.35. The summed E-state index contributed by atoms with van der Waals surface area (Å²) in [4.78, 5) is 18.5. The van der Waals surface area contributed by atoms with Gasteiger partial charge in [0.1, 0.15) is 0 Å². The topological polar surface area (TPSA) is 87.1 Å². The molecule has 1 fully saturated rings. The van der Waals surface area contributed by atoms with E-state index < -0.39 is 5.97 Å². The lowest BCUT2D eigenvalue weighted by Gasteiger charge is -2.23. The molecule has 16 heavy (non-hydrogen) atoms. The summed E-state index contributed by atoms with van der Waals surface area (Å²) in [5, 5.41) is 15.1. The number of rotatable bonds is 3. The number of piperidine rings is 1. The molecule has 1 saturated heterocycles. The van der Waals surface area contributed by atoms with Crippen molar-refractivity contribution in [3.05, 3.63) is 18.0 Å². The van der Waals surface area contributed by atoms with Crippen molar-refractivity contribution in [2.45, 2.75) is 18.9 Å². The zero-order chi connectivity index (χ0) is 11.4. The van der Waals surface area contributed by atoms with Crippen molar-refractivity contribution in [2.24, 2.45) is 0 Å². The fourth-order valence-corrected chi connectivity index (χ4v) is 1.66. The van der Waals surface area contributed by atoms with Gasteiger partial charge >= 0.3 is 5.97 Å². The van der Waals surface area contributed by atoms with Gasteiger partial charge in [0.25, 0.3) is 0 Å². The van der Waals surface area contributed by atoms with Crippen LogP contribution in [-0.2, 0) is 0 Å². The van der Waals surface area contributed by atoms with Gasteiger partial charge in [-0.3, -0.25) is 0 Å². The van der Waals surface area contributed by atoms with E-state index in [2.05, 4.69) is 20.6 Å². The van der Waals surface area contributed by atoms with E-state index in [9.17, 15) is 4.79 Å². The second kappa shape index (κ2) is 4.89. The number of aromatic nitrogens is 2. The third-order valence-electron chi connectivity index (χ3n) is 2.57. The number of carbonyl (C=O) groups is 1. The maximum Gasteiger partial charge on any atom is 0.338 e. The second-order valence-corrected chi connectivity index (χ2v) is 3.77. The zero-order valence-corrected chi connectivity index (χ0v) is 8.81. The number of hydrogen-bond acceptors (Lipinski definition) is 5. The third kappa shape index (κ3) is 2.66. The molecule has 0 saturated carbocycles. The van der Waals surface area contributed by atoms with Gasteiger partial charge in [-0.1, -0.05) is 0 Å². The summed E-state index contributed by atoms with van der Waals surface area (Å²) < 4.78 is 0. The molecule has 1 aromatic rings. The molecule has 1 aromatic heterocycles.